The molecule has 1 saturated carbocycles. The van der Waals surface area contributed by atoms with E-state index in [2.05, 4.69) is 0 Å². The molecule has 0 bridgehead atoms. The molecule has 2 rings (SSSR count). The van der Waals surface area contributed by atoms with E-state index in [-0.39, 0.29) is 6.04 Å². The molecule has 2 nitrogen and oxygen atoms in total. The average molecular weight is 227 g/mol. The number of hydrogen-bond donors (Lipinski definition) is 1. The number of halogens is 2. The summed E-state index contributed by atoms with van der Waals surface area (Å²) in [4.78, 5) is 0. The highest BCUT2D eigenvalue weighted by Crippen LogP contribution is 2.25. The third-order valence-corrected chi connectivity index (χ3v) is 3.07. The number of hydrogen-bond acceptors (Lipinski definition) is 2. The van der Waals surface area contributed by atoms with Crippen LogP contribution in [0.2, 0.25) is 0 Å². The summed E-state index contributed by atoms with van der Waals surface area (Å²) in [5.41, 5.74) is 5.88. The van der Waals surface area contributed by atoms with Crippen LogP contribution in [-0.2, 0) is 0 Å². The Morgan fingerprint density at radius 2 is 2.06 bits per heavy atom. The van der Waals surface area contributed by atoms with Gasteiger partial charge in [-0.2, -0.15) is 0 Å². The number of rotatable bonds is 3. The molecule has 1 aliphatic rings. The van der Waals surface area contributed by atoms with E-state index in [1.807, 2.05) is 0 Å². The largest absolute Gasteiger partial charge is 0.493 e. The van der Waals surface area contributed by atoms with Crippen molar-refractivity contribution in [2.24, 2.45) is 11.7 Å². The van der Waals surface area contributed by atoms with Crippen LogP contribution in [0.4, 0.5) is 8.78 Å². The van der Waals surface area contributed by atoms with Crippen molar-refractivity contribution < 1.29 is 13.5 Å². The standard InChI is InChI=1S/C12H15F2NO/c13-10-5-4-9(6-11(10)14)16-7-8-2-1-3-12(8)15/h4-6,8,12H,1-3,7,15H2/t8-,12+/m1/s1. The van der Waals surface area contributed by atoms with Crippen LogP contribution in [0.15, 0.2) is 18.2 Å². The zero-order valence-corrected chi connectivity index (χ0v) is 8.96. The Bertz CT molecular complexity index is 370. The Hall–Kier alpha value is -1.16. The normalized spacial score (nSPS) is 24.7. The molecule has 1 aromatic rings. The summed E-state index contributed by atoms with van der Waals surface area (Å²) in [6, 6.07) is 3.74. The minimum Gasteiger partial charge on any atom is -0.493 e. The van der Waals surface area contributed by atoms with E-state index >= 15 is 0 Å². The number of benzene rings is 1. The van der Waals surface area contributed by atoms with Gasteiger partial charge in [-0.3, -0.25) is 0 Å². The average Bonchev–Trinajstić information content (AvgIpc) is 2.66. The molecule has 1 fully saturated rings. The second kappa shape index (κ2) is 4.78. The van der Waals surface area contributed by atoms with Crippen molar-refractivity contribution in [2.45, 2.75) is 25.3 Å². The number of nitrogens with two attached hydrogens (primary N) is 1. The maximum atomic E-state index is 12.9. The summed E-state index contributed by atoms with van der Waals surface area (Å²) in [5, 5.41) is 0. The van der Waals surface area contributed by atoms with Crippen LogP contribution in [0.25, 0.3) is 0 Å². The lowest BCUT2D eigenvalue weighted by Gasteiger charge is -2.16. The van der Waals surface area contributed by atoms with E-state index in [9.17, 15) is 8.78 Å². The van der Waals surface area contributed by atoms with Crippen molar-refractivity contribution in [1.82, 2.24) is 0 Å². The van der Waals surface area contributed by atoms with Gasteiger partial charge in [0.1, 0.15) is 5.75 Å². The molecule has 1 aromatic carbocycles. The first-order chi connectivity index (χ1) is 7.66. The zero-order chi connectivity index (χ0) is 11.5. The van der Waals surface area contributed by atoms with Crippen molar-refractivity contribution in [3.05, 3.63) is 29.8 Å². The lowest BCUT2D eigenvalue weighted by atomic mass is 10.1. The van der Waals surface area contributed by atoms with Crippen molar-refractivity contribution in [2.75, 3.05) is 6.61 Å². The van der Waals surface area contributed by atoms with E-state index < -0.39 is 11.6 Å². The Kier molecular flexibility index (Phi) is 3.39. The van der Waals surface area contributed by atoms with Crippen LogP contribution in [0.5, 0.6) is 5.75 Å². The van der Waals surface area contributed by atoms with Crippen LogP contribution < -0.4 is 10.5 Å². The Balaban J connectivity index is 1.91. The fraction of sp³-hybridized carbons (Fsp3) is 0.500. The summed E-state index contributed by atoms with van der Waals surface area (Å²) >= 11 is 0. The molecule has 88 valence electrons. The van der Waals surface area contributed by atoms with E-state index in [1.54, 1.807) is 0 Å². The van der Waals surface area contributed by atoms with Crippen LogP contribution in [0.3, 0.4) is 0 Å². The first-order valence-electron chi connectivity index (χ1n) is 5.50. The van der Waals surface area contributed by atoms with Gasteiger partial charge in [0.15, 0.2) is 11.6 Å². The van der Waals surface area contributed by atoms with E-state index in [1.165, 1.54) is 6.07 Å². The Morgan fingerprint density at radius 3 is 2.69 bits per heavy atom. The van der Waals surface area contributed by atoms with E-state index in [4.69, 9.17) is 10.5 Å². The predicted octanol–water partition coefficient (Wildman–Crippen LogP) is 2.47. The lowest BCUT2D eigenvalue weighted by Crippen LogP contribution is -2.28. The molecule has 2 atom stereocenters. The fourth-order valence-corrected chi connectivity index (χ4v) is 2.04. The van der Waals surface area contributed by atoms with Crippen molar-refractivity contribution >= 4 is 0 Å². The first kappa shape index (κ1) is 11.3. The highest BCUT2D eigenvalue weighted by Gasteiger charge is 2.24. The second-order valence-corrected chi connectivity index (χ2v) is 4.24. The van der Waals surface area contributed by atoms with Crippen molar-refractivity contribution in [3.63, 3.8) is 0 Å². The molecule has 16 heavy (non-hydrogen) atoms. The lowest BCUT2D eigenvalue weighted by molar-refractivity contribution is 0.238. The molecule has 2 N–H and O–H groups in total. The van der Waals surface area contributed by atoms with Crippen LogP contribution in [0.1, 0.15) is 19.3 Å². The SMILES string of the molecule is N[C@H]1CCC[C@@H]1COc1ccc(F)c(F)c1. The molecule has 0 spiro atoms. The molecular formula is C12H15F2NO. The molecule has 1 aliphatic carbocycles. The third-order valence-electron chi connectivity index (χ3n) is 3.07. The highest BCUT2D eigenvalue weighted by atomic mass is 19.2. The Labute approximate surface area is 93.4 Å². The summed E-state index contributed by atoms with van der Waals surface area (Å²) < 4.78 is 30.9. The smallest absolute Gasteiger partial charge is 0.162 e. The molecule has 0 amide bonds. The van der Waals surface area contributed by atoms with Crippen LogP contribution in [-0.4, -0.2) is 12.6 Å². The molecule has 0 heterocycles. The van der Waals surface area contributed by atoms with Crippen molar-refractivity contribution in [3.8, 4) is 5.75 Å². The number of ether oxygens (including phenoxy) is 1. The quantitative estimate of drug-likeness (QED) is 0.861. The van der Waals surface area contributed by atoms with Gasteiger partial charge in [-0.15, -0.1) is 0 Å². The van der Waals surface area contributed by atoms with Gasteiger partial charge in [0, 0.05) is 18.0 Å². The van der Waals surface area contributed by atoms with Gasteiger partial charge in [0.05, 0.1) is 6.61 Å². The van der Waals surface area contributed by atoms with Gasteiger partial charge in [-0.05, 0) is 25.0 Å². The summed E-state index contributed by atoms with van der Waals surface area (Å²) in [6.45, 7) is 0.478. The third kappa shape index (κ3) is 2.50. The maximum absolute atomic E-state index is 12.9. The van der Waals surface area contributed by atoms with Crippen LogP contribution >= 0.6 is 0 Å². The fourth-order valence-electron chi connectivity index (χ4n) is 2.04. The summed E-state index contributed by atoms with van der Waals surface area (Å²) in [7, 11) is 0. The van der Waals surface area contributed by atoms with Crippen LogP contribution in [0, 0.1) is 17.6 Å². The monoisotopic (exact) mass is 227 g/mol. The molecule has 0 aromatic heterocycles. The summed E-state index contributed by atoms with van der Waals surface area (Å²) in [5.74, 6) is -1.05. The highest BCUT2D eigenvalue weighted by molar-refractivity contribution is 5.23. The van der Waals surface area contributed by atoms with Gasteiger partial charge in [0.25, 0.3) is 0 Å². The van der Waals surface area contributed by atoms with Gasteiger partial charge in [-0.1, -0.05) is 6.42 Å². The zero-order valence-electron chi connectivity index (χ0n) is 8.96. The van der Waals surface area contributed by atoms with Gasteiger partial charge >= 0.3 is 0 Å². The molecule has 0 unspecified atom stereocenters. The molecule has 0 radical (unpaired) electrons. The first-order valence-corrected chi connectivity index (χ1v) is 5.50. The second-order valence-electron chi connectivity index (χ2n) is 4.24. The predicted molar refractivity (Wildman–Crippen MR) is 57.2 cm³/mol. The topological polar surface area (TPSA) is 35.2 Å². The maximum Gasteiger partial charge on any atom is 0.162 e. The molecule has 0 saturated heterocycles. The molecular weight excluding hydrogens is 212 g/mol. The van der Waals surface area contributed by atoms with E-state index in [0.717, 1.165) is 31.4 Å². The molecule has 4 heteroatoms. The minimum atomic E-state index is -0.881. The summed E-state index contributed by atoms with van der Waals surface area (Å²) in [6.07, 6.45) is 3.18. The van der Waals surface area contributed by atoms with Crippen molar-refractivity contribution in [1.29, 1.82) is 0 Å². The van der Waals surface area contributed by atoms with Gasteiger partial charge in [0.2, 0.25) is 0 Å². The minimum absolute atomic E-state index is 0.172. The van der Waals surface area contributed by atoms with E-state index in [0.29, 0.717) is 18.3 Å². The Morgan fingerprint density at radius 1 is 1.25 bits per heavy atom. The molecule has 0 aliphatic heterocycles. The van der Waals surface area contributed by atoms with Gasteiger partial charge < -0.3 is 10.5 Å². The van der Waals surface area contributed by atoms with Gasteiger partial charge in [-0.25, -0.2) is 8.78 Å².